The third-order valence-corrected chi connectivity index (χ3v) is 6.76. The Kier molecular flexibility index (Phi) is 5.30. The van der Waals surface area contributed by atoms with E-state index in [1.807, 2.05) is 60.7 Å². The van der Waals surface area contributed by atoms with Gasteiger partial charge in [0.1, 0.15) is 5.41 Å². The molecule has 162 valence electrons. The molecule has 0 radical (unpaired) electrons. The zero-order chi connectivity index (χ0) is 22.1. The molecule has 5 rings (SSSR count). The molecular weight excluding hydrogens is 400 g/mol. The van der Waals surface area contributed by atoms with Gasteiger partial charge in [0.05, 0.1) is 13.2 Å². The molecule has 4 nitrogen and oxygen atoms in total. The molecule has 0 aliphatic heterocycles. The molecule has 1 fully saturated rings. The molecule has 2 aliphatic rings. The first kappa shape index (κ1) is 20.5. The summed E-state index contributed by atoms with van der Waals surface area (Å²) in [6.45, 7) is 0. The van der Waals surface area contributed by atoms with E-state index >= 15 is 0 Å². The number of ketones is 2. The molecule has 2 aliphatic carbocycles. The minimum absolute atomic E-state index is 0.136. The highest BCUT2D eigenvalue weighted by Crippen LogP contribution is 2.45. The average molecular weight is 427 g/mol. The van der Waals surface area contributed by atoms with Crippen molar-refractivity contribution < 1.29 is 19.1 Å². The van der Waals surface area contributed by atoms with Crippen molar-refractivity contribution in [3.8, 4) is 11.5 Å². The molecule has 0 aromatic heterocycles. The van der Waals surface area contributed by atoms with Gasteiger partial charge in [-0.3, -0.25) is 9.59 Å². The number of hydrogen-bond donors (Lipinski definition) is 0. The van der Waals surface area contributed by atoms with E-state index in [1.165, 1.54) is 0 Å². The first-order valence-electron chi connectivity index (χ1n) is 11.2. The molecule has 0 atom stereocenters. The molecule has 32 heavy (non-hydrogen) atoms. The minimum Gasteiger partial charge on any atom is -0.493 e. The van der Waals surface area contributed by atoms with Gasteiger partial charge in [-0.1, -0.05) is 60.7 Å². The zero-order valence-electron chi connectivity index (χ0n) is 18.2. The number of methoxy groups -OCH3 is 1. The topological polar surface area (TPSA) is 52.6 Å². The fraction of sp³-hybridized carbons (Fsp3) is 0.286. The van der Waals surface area contributed by atoms with Crippen LogP contribution in [0.3, 0.4) is 0 Å². The Bertz CT molecular complexity index is 1120. The third-order valence-electron chi connectivity index (χ3n) is 6.76. The molecule has 0 N–H and O–H groups in total. The lowest BCUT2D eigenvalue weighted by Crippen LogP contribution is -2.40. The van der Waals surface area contributed by atoms with E-state index in [-0.39, 0.29) is 17.7 Å². The fourth-order valence-electron chi connectivity index (χ4n) is 5.09. The predicted octanol–water partition coefficient (Wildman–Crippen LogP) is 5.58. The van der Waals surface area contributed by atoms with E-state index in [0.717, 1.165) is 31.2 Å². The Morgan fingerprint density at radius 3 is 2.06 bits per heavy atom. The van der Waals surface area contributed by atoms with Crippen LogP contribution < -0.4 is 9.47 Å². The number of carbonyl (C=O) groups is 2. The van der Waals surface area contributed by atoms with E-state index in [1.54, 1.807) is 19.2 Å². The maximum Gasteiger partial charge on any atom is 0.182 e. The van der Waals surface area contributed by atoms with Gasteiger partial charge in [-0.2, -0.15) is 0 Å². The lowest BCUT2D eigenvalue weighted by atomic mass is 9.71. The van der Waals surface area contributed by atoms with Crippen LogP contribution in [0, 0.1) is 0 Å². The normalized spacial score (nSPS) is 17.4. The first-order chi connectivity index (χ1) is 15.6. The summed E-state index contributed by atoms with van der Waals surface area (Å²) in [6, 6.07) is 22.4. The monoisotopic (exact) mass is 426 g/mol. The van der Waals surface area contributed by atoms with Gasteiger partial charge in [0.2, 0.25) is 0 Å². The van der Waals surface area contributed by atoms with Crippen LogP contribution in [0.5, 0.6) is 11.5 Å². The molecule has 0 bridgehead atoms. The molecule has 3 aromatic carbocycles. The molecule has 0 spiro atoms. The highest BCUT2D eigenvalue weighted by atomic mass is 16.5. The number of Topliss-reactive ketones (excluding diaryl/α,β-unsaturated/α-hetero) is 2. The lowest BCUT2D eigenvalue weighted by molar-refractivity contribution is 0.0792. The van der Waals surface area contributed by atoms with Crippen molar-refractivity contribution in [2.45, 2.75) is 43.6 Å². The molecule has 3 aromatic rings. The van der Waals surface area contributed by atoms with Crippen molar-refractivity contribution >= 4 is 11.6 Å². The van der Waals surface area contributed by atoms with E-state index in [9.17, 15) is 9.59 Å². The largest absolute Gasteiger partial charge is 0.493 e. The summed E-state index contributed by atoms with van der Waals surface area (Å²) in [4.78, 5) is 27.7. The fourth-order valence-corrected chi connectivity index (χ4v) is 5.09. The highest BCUT2D eigenvalue weighted by molar-refractivity contribution is 6.33. The van der Waals surface area contributed by atoms with E-state index in [0.29, 0.717) is 34.6 Å². The van der Waals surface area contributed by atoms with Gasteiger partial charge >= 0.3 is 0 Å². The SMILES string of the molecule is COc1ccc(C2(Cc3ccccc3)C(=O)c3ccccc3C2=O)cc1OC1CCCC1. The molecule has 0 heterocycles. The quantitative estimate of drug-likeness (QED) is 0.483. The van der Waals surface area contributed by atoms with Crippen molar-refractivity contribution in [1.29, 1.82) is 0 Å². The van der Waals surface area contributed by atoms with E-state index < -0.39 is 5.41 Å². The van der Waals surface area contributed by atoms with Crippen molar-refractivity contribution in [1.82, 2.24) is 0 Å². The molecule has 0 saturated heterocycles. The van der Waals surface area contributed by atoms with Gasteiger partial charge in [0, 0.05) is 11.1 Å². The van der Waals surface area contributed by atoms with Crippen LogP contribution in [0.4, 0.5) is 0 Å². The summed E-state index contributed by atoms with van der Waals surface area (Å²) in [5, 5.41) is 0. The highest BCUT2D eigenvalue weighted by Gasteiger charge is 2.54. The van der Waals surface area contributed by atoms with Crippen LogP contribution in [0.2, 0.25) is 0 Å². The zero-order valence-corrected chi connectivity index (χ0v) is 18.2. The summed E-state index contributed by atoms with van der Waals surface area (Å²) < 4.78 is 11.8. The van der Waals surface area contributed by atoms with Gasteiger partial charge in [0.15, 0.2) is 23.1 Å². The second-order valence-electron chi connectivity index (χ2n) is 8.66. The Morgan fingerprint density at radius 2 is 1.44 bits per heavy atom. The summed E-state index contributed by atoms with van der Waals surface area (Å²) in [5.74, 6) is 0.907. The summed E-state index contributed by atoms with van der Waals surface area (Å²) in [5.41, 5.74) is 1.26. The number of fused-ring (bicyclic) bond motifs is 1. The summed E-state index contributed by atoms with van der Waals surface area (Å²) in [7, 11) is 1.61. The smallest absolute Gasteiger partial charge is 0.182 e. The number of hydrogen-bond acceptors (Lipinski definition) is 4. The Labute approximate surface area is 188 Å². The second kappa shape index (κ2) is 8.27. The van der Waals surface area contributed by atoms with Gasteiger partial charge in [0.25, 0.3) is 0 Å². The molecule has 0 unspecified atom stereocenters. The Balaban J connectivity index is 1.65. The van der Waals surface area contributed by atoms with Crippen LogP contribution >= 0.6 is 0 Å². The third kappa shape index (κ3) is 3.31. The first-order valence-corrected chi connectivity index (χ1v) is 11.2. The van der Waals surface area contributed by atoms with Crippen molar-refractivity contribution in [2.75, 3.05) is 7.11 Å². The maximum atomic E-state index is 13.9. The second-order valence-corrected chi connectivity index (χ2v) is 8.66. The van der Waals surface area contributed by atoms with Crippen molar-refractivity contribution in [2.24, 2.45) is 0 Å². The number of carbonyl (C=O) groups excluding carboxylic acids is 2. The number of ether oxygens (including phenoxy) is 2. The van der Waals surface area contributed by atoms with E-state index in [4.69, 9.17) is 9.47 Å². The van der Waals surface area contributed by atoms with Crippen molar-refractivity contribution in [3.63, 3.8) is 0 Å². The molecule has 4 heteroatoms. The lowest BCUT2D eigenvalue weighted by Gasteiger charge is -2.28. The van der Waals surface area contributed by atoms with Crippen LogP contribution in [-0.4, -0.2) is 24.8 Å². The van der Waals surface area contributed by atoms with Gasteiger partial charge in [-0.05, 0) is 55.4 Å². The van der Waals surface area contributed by atoms with Crippen LogP contribution in [0.15, 0.2) is 72.8 Å². The number of rotatable bonds is 6. The van der Waals surface area contributed by atoms with Crippen molar-refractivity contribution in [3.05, 3.63) is 95.1 Å². The molecule has 1 saturated carbocycles. The minimum atomic E-state index is -1.31. The Morgan fingerprint density at radius 1 is 0.812 bits per heavy atom. The summed E-state index contributed by atoms with van der Waals surface area (Å²) >= 11 is 0. The van der Waals surface area contributed by atoms with Gasteiger partial charge in [-0.25, -0.2) is 0 Å². The van der Waals surface area contributed by atoms with Crippen LogP contribution in [-0.2, 0) is 11.8 Å². The van der Waals surface area contributed by atoms with E-state index in [2.05, 4.69) is 0 Å². The molecular formula is C28H26O4. The molecule has 0 amide bonds. The standard InChI is InChI=1S/C28H26O4/c1-31-24-16-15-20(17-25(24)32-21-11-5-6-12-21)28(18-19-9-3-2-4-10-19)26(29)22-13-7-8-14-23(22)27(28)30/h2-4,7-10,13-17,21H,5-6,11-12,18H2,1H3. The average Bonchev–Trinajstić information content (AvgIpc) is 3.42. The van der Waals surface area contributed by atoms with Crippen LogP contribution in [0.25, 0.3) is 0 Å². The van der Waals surface area contributed by atoms with Gasteiger partial charge in [-0.15, -0.1) is 0 Å². The van der Waals surface area contributed by atoms with Gasteiger partial charge < -0.3 is 9.47 Å². The maximum absolute atomic E-state index is 13.9. The Hall–Kier alpha value is -3.40. The number of benzene rings is 3. The predicted molar refractivity (Wildman–Crippen MR) is 123 cm³/mol. The van der Waals surface area contributed by atoms with Crippen LogP contribution in [0.1, 0.15) is 57.5 Å². The summed E-state index contributed by atoms with van der Waals surface area (Å²) in [6.07, 6.45) is 4.75.